The highest BCUT2D eigenvalue weighted by Gasteiger charge is 2.31. The van der Waals surface area contributed by atoms with Crippen molar-refractivity contribution in [2.24, 2.45) is 17.6 Å². The van der Waals surface area contributed by atoms with E-state index in [-0.39, 0.29) is 5.92 Å². The molecule has 100 valence electrons. The van der Waals surface area contributed by atoms with Crippen molar-refractivity contribution in [1.29, 1.82) is 0 Å². The van der Waals surface area contributed by atoms with Crippen LogP contribution < -0.4 is 5.73 Å². The first-order chi connectivity index (χ1) is 8.38. The van der Waals surface area contributed by atoms with Crippen molar-refractivity contribution in [3.8, 4) is 0 Å². The SMILES string of the molecule is COC(=O)C(C(C)C)C(N)c1ccc(F)c(F)c1. The van der Waals surface area contributed by atoms with Gasteiger partial charge in [-0.1, -0.05) is 19.9 Å². The van der Waals surface area contributed by atoms with Crippen LogP contribution in [0.3, 0.4) is 0 Å². The lowest BCUT2D eigenvalue weighted by Crippen LogP contribution is -2.33. The van der Waals surface area contributed by atoms with Crippen LogP contribution in [0, 0.1) is 23.5 Å². The second-order valence-electron chi connectivity index (χ2n) is 4.49. The lowest BCUT2D eigenvalue weighted by molar-refractivity contribution is -0.147. The van der Waals surface area contributed by atoms with E-state index >= 15 is 0 Å². The van der Waals surface area contributed by atoms with Gasteiger partial charge in [-0.25, -0.2) is 8.78 Å². The van der Waals surface area contributed by atoms with Crippen molar-refractivity contribution < 1.29 is 18.3 Å². The zero-order valence-corrected chi connectivity index (χ0v) is 10.6. The second kappa shape index (κ2) is 5.91. The minimum absolute atomic E-state index is 0.0689. The smallest absolute Gasteiger partial charge is 0.310 e. The van der Waals surface area contributed by atoms with Crippen LogP contribution >= 0.6 is 0 Å². The molecule has 0 heterocycles. The molecule has 0 aliphatic rings. The maximum Gasteiger partial charge on any atom is 0.310 e. The van der Waals surface area contributed by atoms with Crippen LogP contribution in [0.25, 0.3) is 0 Å². The van der Waals surface area contributed by atoms with Crippen molar-refractivity contribution in [3.63, 3.8) is 0 Å². The molecule has 1 aromatic rings. The first-order valence-electron chi connectivity index (χ1n) is 5.66. The number of carbonyl (C=O) groups is 1. The Morgan fingerprint density at radius 2 is 1.89 bits per heavy atom. The molecule has 2 N–H and O–H groups in total. The summed E-state index contributed by atoms with van der Waals surface area (Å²) in [4.78, 5) is 11.7. The Kier molecular flexibility index (Phi) is 4.78. The molecule has 18 heavy (non-hydrogen) atoms. The number of carbonyl (C=O) groups excluding carboxylic acids is 1. The van der Waals surface area contributed by atoms with Gasteiger partial charge in [0.25, 0.3) is 0 Å². The molecular weight excluding hydrogens is 240 g/mol. The monoisotopic (exact) mass is 257 g/mol. The fraction of sp³-hybridized carbons (Fsp3) is 0.462. The van der Waals surface area contributed by atoms with E-state index in [1.807, 2.05) is 13.8 Å². The molecule has 0 spiro atoms. The summed E-state index contributed by atoms with van der Waals surface area (Å²) >= 11 is 0. The highest BCUT2D eigenvalue weighted by atomic mass is 19.2. The molecule has 0 amide bonds. The van der Waals surface area contributed by atoms with Crippen molar-refractivity contribution in [3.05, 3.63) is 35.4 Å². The van der Waals surface area contributed by atoms with E-state index in [9.17, 15) is 13.6 Å². The van der Waals surface area contributed by atoms with Gasteiger partial charge in [0.1, 0.15) is 0 Å². The van der Waals surface area contributed by atoms with E-state index in [0.29, 0.717) is 5.56 Å². The van der Waals surface area contributed by atoms with Crippen LogP contribution in [0.1, 0.15) is 25.5 Å². The second-order valence-corrected chi connectivity index (χ2v) is 4.49. The number of methoxy groups -OCH3 is 1. The lowest BCUT2D eigenvalue weighted by atomic mass is 9.85. The van der Waals surface area contributed by atoms with Gasteiger partial charge in [0.2, 0.25) is 0 Å². The predicted octanol–water partition coefficient (Wildman–Crippen LogP) is 2.41. The maximum absolute atomic E-state index is 13.1. The molecule has 0 aromatic heterocycles. The fourth-order valence-electron chi connectivity index (χ4n) is 1.90. The Morgan fingerprint density at radius 3 is 2.33 bits per heavy atom. The molecule has 0 fully saturated rings. The summed E-state index contributed by atoms with van der Waals surface area (Å²) in [5.41, 5.74) is 6.32. The van der Waals surface area contributed by atoms with E-state index < -0.39 is 29.6 Å². The molecule has 0 radical (unpaired) electrons. The van der Waals surface area contributed by atoms with Gasteiger partial charge in [0.15, 0.2) is 11.6 Å². The molecule has 2 unspecified atom stereocenters. The normalized spacial score (nSPS) is 14.4. The predicted molar refractivity (Wildman–Crippen MR) is 63.6 cm³/mol. The number of esters is 1. The van der Waals surface area contributed by atoms with E-state index in [1.54, 1.807) is 0 Å². The van der Waals surface area contributed by atoms with Gasteiger partial charge < -0.3 is 10.5 Å². The van der Waals surface area contributed by atoms with Crippen LogP contribution in [0.4, 0.5) is 8.78 Å². The largest absolute Gasteiger partial charge is 0.469 e. The average Bonchev–Trinajstić information content (AvgIpc) is 2.32. The summed E-state index contributed by atoms with van der Waals surface area (Å²) in [6, 6.07) is 2.66. The van der Waals surface area contributed by atoms with E-state index in [4.69, 9.17) is 5.73 Å². The van der Waals surface area contributed by atoms with Gasteiger partial charge in [-0.3, -0.25) is 4.79 Å². The number of hydrogen-bond donors (Lipinski definition) is 1. The summed E-state index contributed by atoms with van der Waals surface area (Å²) in [6.07, 6.45) is 0. The number of benzene rings is 1. The van der Waals surface area contributed by atoms with Gasteiger partial charge in [-0.2, -0.15) is 0 Å². The van der Waals surface area contributed by atoms with Gasteiger partial charge in [-0.05, 0) is 23.6 Å². The van der Waals surface area contributed by atoms with Gasteiger partial charge >= 0.3 is 5.97 Å². The topological polar surface area (TPSA) is 52.3 Å². The molecular formula is C13H17F2NO2. The van der Waals surface area contributed by atoms with Crippen molar-refractivity contribution >= 4 is 5.97 Å². The Morgan fingerprint density at radius 1 is 1.28 bits per heavy atom. The van der Waals surface area contributed by atoms with Gasteiger partial charge in [0, 0.05) is 6.04 Å². The average molecular weight is 257 g/mol. The van der Waals surface area contributed by atoms with Crippen molar-refractivity contribution in [2.45, 2.75) is 19.9 Å². The molecule has 0 saturated heterocycles. The standard InChI is InChI=1S/C13H17F2NO2/c1-7(2)11(13(17)18-3)12(16)8-4-5-9(14)10(15)6-8/h4-7,11-12H,16H2,1-3H3. The molecule has 1 aromatic carbocycles. The quantitative estimate of drug-likeness (QED) is 0.843. The number of ether oxygens (including phenoxy) is 1. The molecule has 0 bridgehead atoms. The number of nitrogens with two attached hydrogens (primary N) is 1. The Balaban J connectivity index is 3.05. The number of rotatable bonds is 4. The van der Waals surface area contributed by atoms with Gasteiger partial charge in [0.05, 0.1) is 13.0 Å². The third kappa shape index (κ3) is 3.04. The summed E-state index contributed by atoms with van der Waals surface area (Å²) in [5.74, 6) is -3.04. The first kappa shape index (κ1) is 14.6. The molecule has 0 aliphatic heterocycles. The molecule has 0 saturated carbocycles. The maximum atomic E-state index is 13.1. The van der Waals surface area contributed by atoms with E-state index in [0.717, 1.165) is 12.1 Å². The van der Waals surface area contributed by atoms with Crippen molar-refractivity contribution in [1.82, 2.24) is 0 Å². The molecule has 2 atom stereocenters. The number of halogens is 2. The summed E-state index contributed by atoms with van der Waals surface area (Å²) < 4.78 is 30.7. The Labute approximate surface area is 105 Å². The van der Waals surface area contributed by atoms with Crippen LogP contribution in [0.15, 0.2) is 18.2 Å². The lowest BCUT2D eigenvalue weighted by Gasteiger charge is -2.25. The van der Waals surface area contributed by atoms with Crippen molar-refractivity contribution in [2.75, 3.05) is 7.11 Å². The molecule has 3 nitrogen and oxygen atoms in total. The Bertz CT molecular complexity index is 435. The van der Waals surface area contributed by atoms with Gasteiger partial charge in [-0.15, -0.1) is 0 Å². The summed E-state index contributed by atoms with van der Waals surface area (Å²) in [6.45, 7) is 3.64. The summed E-state index contributed by atoms with van der Waals surface area (Å²) in [7, 11) is 1.27. The third-order valence-electron chi connectivity index (χ3n) is 2.91. The minimum Gasteiger partial charge on any atom is -0.469 e. The molecule has 1 rings (SSSR count). The van der Waals surface area contributed by atoms with Crippen LogP contribution in [0.2, 0.25) is 0 Å². The van der Waals surface area contributed by atoms with E-state index in [2.05, 4.69) is 4.74 Å². The first-order valence-corrected chi connectivity index (χ1v) is 5.66. The van der Waals surface area contributed by atoms with Crippen LogP contribution in [-0.2, 0) is 9.53 Å². The molecule has 0 aliphatic carbocycles. The number of hydrogen-bond acceptors (Lipinski definition) is 3. The third-order valence-corrected chi connectivity index (χ3v) is 2.91. The summed E-state index contributed by atoms with van der Waals surface area (Å²) in [5, 5.41) is 0. The Hall–Kier alpha value is -1.49. The zero-order chi connectivity index (χ0) is 13.9. The zero-order valence-electron chi connectivity index (χ0n) is 10.6. The minimum atomic E-state index is -0.977. The van der Waals surface area contributed by atoms with Crippen LogP contribution in [0.5, 0.6) is 0 Å². The fourth-order valence-corrected chi connectivity index (χ4v) is 1.90. The highest BCUT2D eigenvalue weighted by molar-refractivity contribution is 5.73. The molecule has 5 heteroatoms. The highest BCUT2D eigenvalue weighted by Crippen LogP contribution is 2.28. The van der Waals surface area contributed by atoms with Crippen LogP contribution in [-0.4, -0.2) is 13.1 Å². The van der Waals surface area contributed by atoms with E-state index in [1.165, 1.54) is 13.2 Å².